The zero-order valence-electron chi connectivity index (χ0n) is 17.0. The highest BCUT2D eigenvalue weighted by Gasteiger charge is 2.23. The van der Waals surface area contributed by atoms with Crippen molar-refractivity contribution >= 4 is 26.9 Å². The molecule has 31 heavy (non-hydrogen) atoms. The van der Waals surface area contributed by atoms with Crippen LogP contribution in [0, 0.1) is 0 Å². The largest absolute Gasteiger partial charge is 0.478 e. The highest BCUT2D eigenvalue weighted by Crippen LogP contribution is 2.33. The van der Waals surface area contributed by atoms with E-state index in [2.05, 4.69) is 25.7 Å². The van der Waals surface area contributed by atoms with E-state index >= 15 is 0 Å². The molecule has 0 bridgehead atoms. The Kier molecular flexibility index (Phi) is 5.95. The highest BCUT2D eigenvalue weighted by atomic mass is 79.9. The Balaban J connectivity index is 1.38. The van der Waals surface area contributed by atoms with Crippen LogP contribution in [-0.4, -0.2) is 55.9 Å². The molecule has 3 aromatic rings. The summed E-state index contributed by atoms with van der Waals surface area (Å²) in [5.74, 6) is 1.47. The molecule has 7 nitrogen and oxygen atoms in total. The van der Waals surface area contributed by atoms with Crippen molar-refractivity contribution in [2.45, 2.75) is 6.54 Å². The summed E-state index contributed by atoms with van der Waals surface area (Å²) in [5, 5.41) is 0.488. The minimum Gasteiger partial charge on any atom is -0.478 e. The number of fused-ring (bicyclic) bond motifs is 3. The number of rotatable bonds is 5. The van der Waals surface area contributed by atoms with Crippen LogP contribution in [0.4, 0.5) is 0 Å². The lowest BCUT2D eigenvalue weighted by Gasteiger charge is -2.32. The molecule has 1 saturated heterocycles. The van der Waals surface area contributed by atoms with E-state index in [1.54, 1.807) is 12.1 Å². The Hall–Kier alpha value is -2.39. The summed E-state index contributed by atoms with van der Waals surface area (Å²) in [6.45, 7) is 6.54. The monoisotopic (exact) mass is 486 g/mol. The maximum absolute atomic E-state index is 13.1. The first kappa shape index (κ1) is 20.5. The maximum atomic E-state index is 13.1. The third-order valence-electron chi connectivity index (χ3n) is 5.65. The van der Waals surface area contributed by atoms with Crippen LogP contribution < -0.4 is 14.9 Å². The normalized spacial score (nSPS) is 17.3. The van der Waals surface area contributed by atoms with E-state index in [0.717, 1.165) is 55.2 Å². The van der Waals surface area contributed by atoms with Gasteiger partial charge in [-0.05, 0) is 40.2 Å². The Morgan fingerprint density at radius 3 is 2.65 bits per heavy atom. The molecule has 1 fully saturated rings. The van der Waals surface area contributed by atoms with Crippen LogP contribution >= 0.6 is 15.9 Å². The summed E-state index contributed by atoms with van der Waals surface area (Å²) in [6.07, 6.45) is 1.39. The standard InChI is InChI=1S/C23H23BrN2O5/c24-18-3-1-2-4-20(18)31-21-14-29-23-16(22(21)27)5-6-19-17(23)13-26(15-30-19)8-7-25-9-11-28-12-10-25/h1-6,14H,7-13,15H2. The minimum absolute atomic E-state index is 0.153. The van der Waals surface area contributed by atoms with Crippen molar-refractivity contribution in [1.82, 2.24) is 9.80 Å². The number of nitrogens with zero attached hydrogens (tertiary/aromatic N) is 2. The third kappa shape index (κ3) is 4.34. The Morgan fingerprint density at radius 1 is 1.00 bits per heavy atom. The number of hydrogen-bond donors (Lipinski definition) is 0. The molecule has 0 spiro atoms. The molecule has 0 unspecified atom stereocenters. The van der Waals surface area contributed by atoms with Crippen LogP contribution in [0.1, 0.15) is 5.56 Å². The third-order valence-corrected chi connectivity index (χ3v) is 6.30. The molecule has 0 saturated carbocycles. The van der Waals surface area contributed by atoms with Gasteiger partial charge in [-0.1, -0.05) is 12.1 Å². The van der Waals surface area contributed by atoms with Gasteiger partial charge in [-0.3, -0.25) is 14.6 Å². The second-order valence-corrected chi connectivity index (χ2v) is 8.51. The van der Waals surface area contributed by atoms with Crippen LogP contribution in [0.3, 0.4) is 0 Å². The van der Waals surface area contributed by atoms with Crippen molar-refractivity contribution in [1.29, 1.82) is 0 Å². The Labute approximate surface area is 188 Å². The number of ether oxygens (including phenoxy) is 3. The average Bonchev–Trinajstić information content (AvgIpc) is 2.81. The second kappa shape index (κ2) is 9.00. The van der Waals surface area contributed by atoms with E-state index in [4.69, 9.17) is 18.6 Å². The van der Waals surface area contributed by atoms with Crippen LogP contribution in [0.2, 0.25) is 0 Å². The first-order valence-electron chi connectivity index (χ1n) is 10.3. The second-order valence-electron chi connectivity index (χ2n) is 7.66. The predicted octanol–water partition coefficient (Wildman–Crippen LogP) is 3.83. The van der Waals surface area contributed by atoms with Crippen molar-refractivity contribution in [2.75, 3.05) is 46.1 Å². The van der Waals surface area contributed by atoms with Crippen molar-refractivity contribution in [3.8, 4) is 17.2 Å². The SMILES string of the molecule is O=c1c(Oc2ccccc2Br)coc2c3c(ccc12)OCN(CCN1CCOCC1)C3. The number of halogens is 1. The van der Waals surface area contributed by atoms with Crippen LogP contribution in [0.25, 0.3) is 11.0 Å². The van der Waals surface area contributed by atoms with Gasteiger partial charge in [0, 0.05) is 32.7 Å². The molecule has 0 atom stereocenters. The average molecular weight is 487 g/mol. The zero-order valence-corrected chi connectivity index (χ0v) is 18.6. The van der Waals surface area contributed by atoms with E-state index < -0.39 is 0 Å². The molecule has 0 N–H and O–H groups in total. The first-order chi connectivity index (χ1) is 15.2. The molecular formula is C23H23BrN2O5. The summed E-state index contributed by atoms with van der Waals surface area (Å²) in [6, 6.07) is 11.0. The van der Waals surface area contributed by atoms with E-state index in [1.807, 2.05) is 24.3 Å². The van der Waals surface area contributed by atoms with E-state index in [-0.39, 0.29) is 11.2 Å². The topological polar surface area (TPSA) is 64.4 Å². The highest BCUT2D eigenvalue weighted by molar-refractivity contribution is 9.10. The quantitative estimate of drug-likeness (QED) is 0.542. The zero-order chi connectivity index (χ0) is 21.2. The maximum Gasteiger partial charge on any atom is 0.235 e. The number of morpholine rings is 1. The van der Waals surface area contributed by atoms with Crippen LogP contribution in [0.5, 0.6) is 17.2 Å². The first-order valence-corrected chi connectivity index (χ1v) is 11.1. The lowest BCUT2D eigenvalue weighted by molar-refractivity contribution is 0.0241. The molecule has 0 aliphatic carbocycles. The summed E-state index contributed by atoms with van der Waals surface area (Å²) < 4.78 is 23.8. The summed E-state index contributed by atoms with van der Waals surface area (Å²) in [5.41, 5.74) is 1.25. The summed E-state index contributed by atoms with van der Waals surface area (Å²) >= 11 is 3.44. The van der Waals surface area contributed by atoms with Crippen LogP contribution in [0.15, 0.2) is 56.3 Å². The number of hydrogen-bond acceptors (Lipinski definition) is 7. The van der Waals surface area contributed by atoms with E-state index in [1.165, 1.54) is 6.26 Å². The Morgan fingerprint density at radius 2 is 1.81 bits per heavy atom. The van der Waals surface area contributed by atoms with Crippen molar-refractivity contribution in [3.05, 3.63) is 62.9 Å². The predicted molar refractivity (Wildman–Crippen MR) is 120 cm³/mol. The molecule has 2 aliphatic rings. The van der Waals surface area contributed by atoms with Crippen molar-refractivity contribution in [2.24, 2.45) is 0 Å². The number of benzene rings is 2. The number of para-hydroxylation sites is 1. The fraction of sp³-hybridized carbons (Fsp3) is 0.348. The molecule has 162 valence electrons. The van der Waals surface area contributed by atoms with Gasteiger partial charge in [0.05, 0.1) is 28.6 Å². The van der Waals surface area contributed by atoms with Gasteiger partial charge in [0.25, 0.3) is 0 Å². The molecule has 5 rings (SSSR count). The molecule has 1 aromatic heterocycles. The molecule has 3 heterocycles. The molecular weight excluding hydrogens is 464 g/mol. The van der Waals surface area contributed by atoms with Crippen molar-refractivity contribution in [3.63, 3.8) is 0 Å². The van der Waals surface area contributed by atoms with Gasteiger partial charge in [-0.2, -0.15) is 0 Å². The van der Waals surface area contributed by atoms with Gasteiger partial charge >= 0.3 is 0 Å². The lowest BCUT2D eigenvalue weighted by atomic mass is 10.1. The fourth-order valence-electron chi connectivity index (χ4n) is 3.90. The molecule has 8 heteroatoms. The molecule has 0 radical (unpaired) electrons. The summed E-state index contributed by atoms with van der Waals surface area (Å²) in [4.78, 5) is 17.7. The van der Waals surface area contributed by atoms with Gasteiger partial charge < -0.3 is 18.6 Å². The van der Waals surface area contributed by atoms with E-state index in [0.29, 0.717) is 30.0 Å². The fourth-order valence-corrected chi connectivity index (χ4v) is 4.27. The van der Waals surface area contributed by atoms with Gasteiger partial charge in [0.1, 0.15) is 30.1 Å². The lowest BCUT2D eigenvalue weighted by Crippen LogP contribution is -2.43. The Bertz CT molecular complexity index is 1140. The molecule has 2 aliphatic heterocycles. The minimum atomic E-state index is -0.203. The van der Waals surface area contributed by atoms with Gasteiger partial charge in [-0.15, -0.1) is 0 Å². The van der Waals surface area contributed by atoms with E-state index in [9.17, 15) is 4.79 Å². The van der Waals surface area contributed by atoms with Crippen LogP contribution in [-0.2, 0) is 11.3 Å². The molecule has 2 aromatic carbocycles. The van der Waals surface area contributed by atoms with Crippen molar-refractivity contribution < 1.29 is 18.6 Å². The van der Waals surface area contributed by atoms with Gasteiger partial charge in [0.15, 0.2) is 0 Å². The van der Waals surface area contributed by atoms with Gasteiger partial charge in [-0.25, -0.2) is 0 Å². The smallest absolute Gasteiger partial charge is 0.235 e. The summed E-state index contributed by atoms with van der Waals surface area (Å²) in [7, 11) is 0. The van der Waals surface area contributed by atoms with Gasteiger partial charge in [0.2, 0.25) is 11.2 Å². The molecule has 0 amide bonds.